The van der Waals surface area contributed by atoms with E-state index in [1.54, 1.807) is 18.2 Å². The maximum atomic E-state index is 11.1. The molecule has 8 heteroatoms. The number of carbonyl (C=O) groups is 2. The first kappa shape index (κ1) is 17.2. The van der Waals surface area contributed by atoms with Crippen molar-refractivity contribution in [2.75, 3.05) is 5.32 Å². The molecule has 0 heterocycles. The molecule has 0 aliphatic rings. The van der Waals surface area contributed by atoms with E-state index < -0.39 is 24.3 Å². The molecule has 0 aliphatic heterocycles. The molecule has 0 amide bonds. The van der Waals surface area contributed by atoms with Crippen LogP contribution in [0.3, 0.4) is 0 Å². The first-order valence-corrected chi connectivity index (χ1v) is 6.19. The third-order valence-electron chi connectivity index (χ3n) is 2.84. The zero-order valence-corrected chi connectivity index (χ0v) is 11.6. The molecule has 1 unspecified atom stereocenters. The van der Waals surface area contributed by atoms with Crippen molar-refractivity contribution in [3.05, 3.63) is 41.1 Å². The molecule has 0 saturated carbocycles. The summed E-state index contributed by atoms with van der Waals surface area (Å²) in [6.45, 7) is 0. The van der Waals surface area contributed by atoms with E-state index in [1.807, 2.05) is 0 Å². The molecule has 0 aromatic heterocycles. The van der Waals surface area contributed by atoms with E-state index in [4.69, 9.17) is 26.0 Å². The van der Waals surface area contributed by atoms with Gasteiger partial charge in [-0.3, -0.25) is 9.59 Å². The van der Waals surface area contributed by atoms with Crippen LogP contribution in [0.25, 0.3) is 0 Å². The number of nitriles is 3. The lowest BCUT2D eigenvalue weighted by Crippen LogP contribution is -2.15. The summed E-state index contributed by atoms with van der Waals surface area (Å²) < 4.78 is 0. The number of rotatable bonds is 6. The minimum atomic E-state index is -1.26. The Morgan fingerprint density at radius 2 is 1.61 bits per heavy atom. The summed E-state index contributed by atoms with van der Waals surface area (Å²) in [4.78, 5) is 21.8. The molecule has 1 rings (SSSR count). The lowest BCUT2D eigenvalue weighted by Gasteiger charge is -2.11. The number of carboxylic acids is 2. The predicted molar refractivity (Wildman–Crippen MR) is 76.6 cm³/mol. The number of hydrogen-bond acceptors (Lipinski definition) is 6. The molecule has 0 saturated heterocycles. The normalized spacial score (nSPS) is 10.3. The Bertz CT molecular complexity index is 760. The number of nitrogens with one attached hydrogen (secondary N) is 1. The van der Waals surface area contributed by atoms with Crippen LogP contribution in [0.5, 0.6) is 0 Å². The molecule has 1 aromatic carbocycles. The standard InChI is InChI=1S/C15H10N4O4/c16-6-10(7-17)13(8-18)19-11-3-1-9(2-4-11)12(15(22)23)5-14(20)21/h1-4,12,19H,5H2,(H,20,21)(H,22,23). The highest BCUT2D eigenvalue weighted by Crippen LogP contribution is 2.23. The highest BCUT2D eigenvalue weighted by molar-refractivity contribution is 5.82. The van der Waals surface area contributed by atoms with Gasteiger partial charge < -0.3 is 15.5 Å². The Balaban J connectivity index is 3.06. The summed E-state index contributed by atoms with van der Waals surface area (Å²) in [6, 6.07) is 10.5. The minimum Gasteiger partial charge on any atom is -0.481 e. The van der Waals surface area contributed by atoms with Crippen molar-refractivity contribution in [1.29, 1.82) is 15.8 Å². The van der Waals surface area contributed by atoms with Gasteiger partial charge in [0, 0.05) is 5.69 Å². The number of aliphatic carboxylic acids is 2. The van der Waals surface area contributed by atoms with Gasteiger partial charge in [0.2, 0.25) is 0 Å². The monoisotopic (exact) mass is 310 g/mol. The maximum Gasteiger partial charge on any atom is 0.311 e. The van der Waals surface area contributed by atoms with Gasteiger partial charge >= 0.3 is 11.9 Å². The van der Waals surface area contributed by atoms with E-state index in [-0.39, 0.29) is 16.8 Å². The van der Waals surface area contributed by atoms with Gasteiger partial charge in [-0.1, -0.05) is 12.1 Å². The van der Waals surface area contributed by atoms with E-state index >= 15 is 0 Å². The molecule has 0 radical (unpaired) electrons. The van der Waals surface area contributed by atoms with E-state index in [1.165, 1.54) is 24.3 Å². The highest BCUT2D eigenvalue weighted by Gasteiger charge is 2.22. The van der Waals surface area contributed by atoms with Crippen molar-refractivity contribution in [1.82, 2.24) is 0 Å². The van der Waals surface area contributed by atoms with Gasteiger partial charge in [-0.2, -0.15) is 15.8 Å². The topological polar surface area (TPSA) is 158 Å². The molecular formula is C15H10N4O4. The minimum absolute atomic E-state index is 0.233. The van der Waals surface area contributed by atoms with Gasteiger partial charge in [0.15, 0.2) is 5.57 Å². The van der Waals surface area contributed by atoms with Crippen LogP contribution < -0.4 is 5.32 Å². The second-order valence-electron chi connectivity index (χ2n) is 4.32. The Morgan fingerprint density at radius 1 is 1.04 bits per heavy atom. The smallest absolute Gasteiger partial charge is 0.311 e. The Kier molecular flexibility index (Phi) is 5.86. The Morgan fingerprint density at radius 3 is 2.00 bits per heavy atom. The average Bonchev–Trinajstić information content (AvgIpc) is 2.53. The second kappa shape index (κ2) is 7.82. The molecule has 0 aliphatic carbocycles. The third-order valence-corrected chi connectivity index (χ3v) is 2.84. The lowest BCUT2D eigenvalue weighted by atomic mass is 9.96. The summed E-state index contributed by atoms with van der Waals surface area (Å²) in [5, 5.41) is 46.7. The van der Waals surface area contributed by atoms with Crippen molar-refractivity contribution in [2.45, 2.75) is 12.3 Å². The highest BCUT2D eigenvalue weighted by atomic mass is 16.4. The number of carboxylic acid groups (broad SMARTS) is 2. The van der Waals surface area contributed by atoms with Crippen molar-refractivity contribution in [2.24, 2.45) is 0 Å². The molecule has 8 nitrogen and oxygen atoms in total. The number of hydrogen-bond donors (Lipinski definition) is 3. The molecule has 0 bridgehead atoms. The van der Waals surface area contributed by atoms with Crippen molar-refractivity contribution >= 4 is 17.6 Å². The molecule has 0 fully saturated rings. The first-order valence-electron chi connectivity index (χ1n) is 6.19. The van der Waals surface area contributed by atoms with Gasteiger partial charge in [-0.15, -0.1) is 0 Å². The molecular weight excluding hydrogens is 300 g/mol. The van der Waals surface area contributed by atoms with Gasteiger partial charge in [0.05, 0.1) is 12.3 Å². The summed E-state index contributed by atoms with van der Waals surface area (Å²) in [6.07, 6.45) is -0.557. The molecule has 1 atom stereocenters. The predicted octanol–water partition coefficient (Wildman–Crippen LogP) is 1.57. The lowest BCUT2D eigenvalue weighted by molar-refractivity contribution is -0.145. The molecule has 1 aromatic rings. The molecule has 0 spiro atoms. The molecule has 114 valence electrons. The van der Waals surface area contributed by atoms with Crippen molar-refractivity contribution in [3.8, 4) is 18.2 Å². The van der Waals surface area contributed by atoms with Gasteiger partial charge in [-0.25, -0.2) is 0 Å². The fraction of sp³-hybridized carbons (Fsp3) is 0.133. The zero-order chi connectivity index (χ0) is 17.4. The van der Waals surface area contributed by atoms with Gasteiger partial charge in [-0.05, 0) is 17.7 Å². The number of anilines is 1. The average molecular weight is 310 g/mol. The van der Waals surface area contributed by atoms with Crippen LogP contribution >= 0.6 is 0 Å². The van der Waals surface area contributed by atoms with E-state index in [0.29, 0.717) is 5.69 Å². The van der Waals surface area contributed by atoms with E-state index in [2.05, 4.69) is 5.32 Å². The Labute approximate surface area is 131 Å². The second-order valence-corrected chi connectivity index (χ2v) is 4.32. The van der Waals surface area contributed by atoms with Crippen LogP contribution in [-0.2, 0) is 9.59 Å². The quantitative estimate of drug-likeness (QED) is 0.667. The first-order chi connectivity index (χ1) is 10.9. The number of nitrogens with zero attached hydrogens (tertiary/aromatic N) is 3. The number of allylic oxidation sites excluding steroid dienone is 2. The molecule has 23 heavy (non-hydrogen) atoms. The van der Waals surface area contributed by atoms with Gasteiger partial charge in [0.1, 0.15) is 23.9 Å². The zero-order valence-electron chi connectivity index (χ0n) is 11.6. The fourth-order valence-electron chi connectivity index (χ4n) is 1.75. The largest absolute Gasteiger partial charge is 0.481 e. The third kappa shape index (κ3) is 4.59. The fourth-order valence-corrected chi connectivity index (χ4v) is 1.75. The van der Waals surface area contributed by atoms with Crippen LogP contribution in [0.2, 0.25) is 0 Å². The summed E-state index contributed by atoms with van der Waals surface area (Å²) in [5.74, 6) is -3.69. The summed E-state index contributed by atoms with van der Waals surface area (Å²) >= 11 is 0. The van der Waals surface area contributed by atoms with Crippen LogP contribution in [0.15, 0.2) is 35.5 Å². The Hall–Kier alpha value is -3.83. The SMILES string of the molecule is N#CC(C#N)=C(C#N)Nc1ccc(C(CC(=O)O)C(=O)O)cc1. The van der Waals surface area contributed by atoms with Gasteiger partial charge in [0.25, 0.3) is 0 Å². The van der Waals surface area contributed by atoms with Crippen LogP contribution in [0.4, 0.5) is 5.69 Å². The van der Waals surface area contributed by atoms with Crippen molar-refractivity contribution < 1.29 is 19.8 Å². The van der Waals surface area contributed by atoms with Crippen LogP contribution in [0, 0.1) is 34.0 Å². The summed E-state index contributed by atoms with van der Waals surface area (Å²) in [5.41, 5.74) is 0.0235. The number of benzene rings is 1. The van der Waals surface area contributed by atoms with Crippen molar-refractivity contribution in [3.63, 3.8) is 0 Å². The van der Waals surface area contributed by atoms with Crippen LogP contribution in [0.1, 0.15) is 17.9 Å². The van der Waals surface area contributed by atoms with E-state index in [9.17, 15) is 9.59 Å². The maximum absolute atomic E-state index is 11.1. The summed E-state index contributed by atoms with van der Waals surface area (Å²) in [7, 11) is 0. The van der Waals surface area contributed by atoms with Crippen LogP contribution in [-0.4, -0.2) is 22.2 Å². The van der Waals surface area contributed by atoms with E-state index in [0.717, 1.165) is 0 Å². The molecule has 3 N–H and O–H groups in total.